The SMILES string of the molecule is CC(C)C.Cc1ccc(Nc2nc(Cl)nc(Nc3ccc(C)c(N=Nc4c(S(=O)(=O)O)cc5cc(C)c(N=Nc6cc(Nc7nc(N)nc(Cl)n7)ccc6S(=O)(=O)O)c(O)c5c4N)c3)n2)cc1. The van der Waals surface area contributed by atoms with Crippen LogP contribution in [0.2, 0.25) is 10.6 Å². The van der Waals surface area contributed by atoms with Gasteiger partial charge in [0.1, 0.15) is 26.9 Å². The Kier molecular flexibility index (Phi) is 14.8. The lowest BCUT2D eigenvalue weighted by molar-refractivity contribution is 0.480. The Labute approximate surface area is 393 Å². The van der Waals surface area contributed by atoms with Crippen LogP contribution in [0.15, 0.2) is 103 Å². The van der Waals surface area contributed by atoms with Crippen LogP contribution in [0.1, 0.15) is 37.5 Å². The lowest BCUT2D eigenvalue weighted by Crippen LogP contribution is -2.04. The number of aromatic hydroxyl groups is 1. The molecule has 67 heavy (non-hydrogen) atoms. The molecule has 10 N–H and O–H groups in total. The van der Waals surface area contributed by atoms with Crippen molar-refractivity contribution in [2.75, 3.05) is 27.4 Å². The Morgan fingerprint density at radius 3 is 1.66 bits per heavy atom. The minimum absolute atomic E-state index is 0.0442. The smallest absolute Gasteiger partial charge is 0.296 e. The maximum atomic E-state index is 12.7. The first-order valence-corrected chi connectivity index (χ1v) is 23.2. The number of nitrogens with two attached hydrogens (primary N) is 2. The van der Waals surface area contributed by atoms with Gasteiger partial charge in [-0.05, 0) is 121 Å². The van der Waals surface area contributed by atoms with Crippen LogP contribution in [-0.2, 0) is 20.2 Å². The molecule has 0 aliphatic heterocycles. The van der Waals surface area contributed by atoms with Crippen molar-refractivity contribution < 1.29 is 31.0 Å². The summed E-state index contributed by atoms with van der Waals surface area (Å²) in [6, 6.07) is 18.3. The number of halogens is 2. The number of phenols is 1. The third kappa shape index (κ3) is 12.6. The summed E-state index contributed by atoms with van der Waals surface area (Å²) in [5, 5.41) is 36.4. The fourth-order valence-corrected chi connectivity index (χ4v) is 7.50. The van der Waals surface area contributed by atoms with Gasteiger partial charge < -0.3 is 32.5 Å². The van der Waals surface area contributed by atoms with Crippen LogP contribution >= 0.6 is 23.2 Å². The van der Waals surface area contributed by atoms with Gasteiger partial charge in [-0.3, -0.25) is 9.11 Å². The minimum atomic E-state index is -5.00. The van der Waals surface area contributed by atoms with Gasteiger partial charge in [0, 0.05) is 17.1 Å². The monoisotopic (exact) mass is 989 g/mol. The number of nitrogens with one attached hydrogen (secondary N) is 3. The predicted octanol–water partition coefficient (Wildman–Crippen LogP) is 10.5. The molecule has 0 saturated heterocycles. The van der Waals surface area contributed by atoms with Crippen molar-refractivity contribution in [1.82, 2.24) is 29.9 Å². The van der Waals surface area contributed by atoms with Gasteiger partial charge in [0.05, 0.1) is 16.8 Å². The third-order valence-electron chi connectivity index (χ3n) is 8.83. The molecule has 0 aliphatic carbocycles. The summed E-state index contributed by atoms with van der Waals surface area (Å²) in [5.74, 6) is 0.147. The molecule has 22 nitrogen and oxygen atoms in total. The number of hydrogen-bond donors (Lipinski definition) is 8. The van der Waals surface area contributed by atoms with Crippen molar-refractivity contribution in [2.45, 2.75) is 51.3 Å². The van der Waals surface area contributed by atoms with E-state index in [4.69, 9.17) is 34.7 Å². The van der Waals surface area contributed by atoms with Gasteiger partial charge >= 0.3 is 0 Å². The number of nitrogen functional groups attached to an aromatic ring is 2. The first kappa shape index (κ1) is 49.2. The largest absolute Gasteiger partial charge is 0.505 e. The van der Waals surface area contributed by atoms with E-state index in [-0.39, 0.29) is 67.8 Å². The molecule has 0 atom stereocenters. The first-order valence-electron chi connectivity index (χ1n) is 19.5. The molecule has 0 unspecified atom stereocenters. The highest BCUT2D eigenvalue weighted by atomic mass is 35.5. The molecular formula is C41H41Cl2N15O7S2. The van der Waals surface area contributed by atoms with Gasteiger partial charge in [0.2, 0.25) is 34.4 Å². The number of benzene rings is 5. The highest BCUT2D eigenvalue weighted by Crippen LogP contribution is 2.47. The van der Waals surface area contributed by atoms with E-state index in [0.29, 0.717) is 16.9 Å². The van der Waals surface area contributed by atoms with E-state index in [1.54, 1.807) is 25.1 Å². The summed E-state index contributed by atoms with van der Waals surface area (Å²) in [4.78, 5) is 22.7. The normalized spacial score (nSPS) is 11.9. The fraction of sp³-hybridized carbons (Fsp3) is 0.171. The summed E-state index contributed by atoms with van der Waals surface area (Å²) in [7, 11) is -9.86. The van der Waals surface area contributed by atoms with Crippen molar-refractivity contribution in [3.63, 3.8) is 0 Å². The molecule has 0 amide bonds. The first-order chi connectivity index (χ1) is 31.4. The number of phenolic OH excluding ortho intramolecular Hbond substituents is 1. The standard InChI is InChI=1S/C37H31Cl2N15O7S2.C4H10/c1-16-4-7-20(8-5-16)42-36-47-33(39)48-37(50-36)44-21-9-6-17(2)23(14-21)51-54-30-26(63(59,60)61)13-19-12-18(3)29(31(55)27(19)28(30)40)53-52-24-15-22(10-11-25(24)62(56,57)58)43-35-46-32(38)45-34(41)49-35;1-4(2)3/h4-15,55H,40H2,1-3H3,(H,56,57,58)(H,59,60,61)(H3,41,43,45,46,49)(H2,42,44,47,48,50);4H,1-3H3. The molecule has 348 valence electrons. The van der Waals surface area contributed by atoms with Crippen LogP contribution in [0, 0.1) is 26.7 Å². The van der Waals surface area contributed by atoms with E-state index in [0.717, 1.165) is 23.6 Å². The number of aryl methyl sites for hydroxylation is 3. The lowest BCUT2D eigenvalue weighted by atomic mass is 10.0. The zero-order valence-corrected chi connectivity index (χ0v) is 39.3. The van der Waals surface area contributed by atoms with E-state index in [1.807, 2.05) is 31.2 Å². The van der Waals surface area contributed by atoms with Crippen molar-refractivity contribution in [2.24, 2.45) is 26.4 Å². The molecule has 0 saturated carbocycles. The zero-order chi connectivity index (χ0) is 49.0. The highest BCUT2D eigenvalue weighted by molar-refractivity contribution is 7.86. The number of nitrogens with zero attached hydrogens (tertiary/aromatic N) is 10. The maximum absolute atomic E-state index is 12.7. The van der Waals surface area contributed by atoms with E-state index in [1.165, 1.54) is 25.1 Å². The molecule has 0 radical (unpaired) electrons. The number of fused-ring (bicyclic) bond motifs is 1. The summed E-state index contributed by atoms with van der Waals surface area (Å²) in [6.07, 6.45) is 0. The van der Waals surface area contributed by atoms with Gasteiger partial charge in [-0.15, -0.1) is 15.3 Å². The molecule has 0 spiro atoms. The Hall–Kier alpha value is -7.22. The molecule has 2 aromatic heterocycles. The molecule has 7 rings (SSSR count). The summed E-state index contributed by atoms with van der Waals surface area (Å²) in [6.45, 7) is 11.6. The molecule has 5 aromatic carbocycles. The van der Waals surface area contributed by atoms with Crippen LogP contribution in [0.5, 0.6) is 5.75 Å². The third-order valence-corrected chi connectivity index (χ3v) is 10.9. The van der Waals surface area contributed by atoms with Gasteiger partial charge in [0.25, 0.3) is 20.2 Å². The predicted molar refractivity (Wildman–Crippen MR) is 256 cm³/mol. The van der Waals surface area contributed by atoms with Crippen LogP contribution in [0.3, 0.4) is 0 Å². The second-order valence-corrected chi connectivity index (χ2v) is 18.6. The van der Waals surface area contributed by atoms with E-state index in [9.17, 15) is 31.0 Å². The van der Waals surface area contributed by atoms with E-state index < -0.39 is 52.8 Å². The Morgan fingerprint density at radius 2 is 1.07 bits per heavy atom. The van der Waals surface area contributed by atoms with Crippen molar-refractivity contribution >= 4 is 124 Å². The van der Waals surface area contributed by atoms with Crippen molar-refractivity contribution in [3.8, 4) is 5.75 Å². The Balaban J connectivity index is 0.00000178. The number of aromatic nitrogens is 6. The van der Waals surface area contributed by atoms with Crippen LogP contribution in [-0.4, -0.2) is 61.0 Å². The Bertz CT molecular complexity index is 3300. The van der Waals surface area contributed by atoms with E-state index >= 15 is 0 Å². The second-order valence-electron chi connectivity index (χ2n) is 15.2. The van der Waals surface area contributed by atoms with Crippen LogP contribution in [0.4, 0.5) is 69.3 Å². The molecule has 2 heterocycles. The number of hydrogen-bond acceptors (Lipinski definition) is 20. The Morgan fingerprint density at radius 1 is 0.582 bits per heavy atom. The molecule has 26 heteroatoms. The average Bonchev–Trinajstić information content (AvgIpc) is 3.20. The minimum Gasteiger partial charge on any atom is -0.505 e. The maximum Gasteiger partial charge on any atom is 0.296 e. The fourth-order valence-electron chi connectivity index (χ4n) is 5.90. The molecular weight excluding hydrogens is 950 g/mol. The quantitative estimate of drug-likeness (QED) is 0.0320. The topological polar surface area (TPSA) is 344 Å². The van der Waals surface area contributed by atoms with Crippen molar-refractivity contribution in [1.29, 1.82) is 0 Å². The summed E-state index contributed by atoms with van der Waals surface area (Å²) >= 11 is 12.1. The zero-order valence-electron chi connectivity index (χ0n) is 36.2. The molecule has 7 aromatic rings. The lowest BCUT2D eigenvalue weighted by Gasteiger charge is -2.14. The average molecular weight is 991 g/mol. The van der Waals surface area contributed by atoms with Gasteiger partial charge in [-0.2, -0.15) is 51.9 Å². The summed E-state index contributed by atoms with van der Waals surface area (Å²) in [5.41, 5.74) is 13.9. The van der Waals surface area contributed by atoms with Gasteiger partial charge in [0.15, 0.2) is 5.75 Å². The molecule has 0 aliphatic rings. The van der Waals surface area contributed by atoms with Gasteiger partial charge in [-0.25, -0.2) is 0 Å². The number of anilines is 8. The van der Waals surface area contributed by atoms with Crippen LogP contribution < -0.4 is 27.4 Å². The molecule has 0 bridgehead atoms. The number of rotatable bonds is 12. The molecule has 0 fully saturated rings. The summed E-state index contributed by atoms with van der Waals surface area (Å²) < 4.78 is 70.2. The van der Waals surface area contributed by atoms with Gasteiger partial charge in [-0.1, -0.05) is 44.5 Å². The van der Waals surface area contributed by atoms with Crippen molar-refractivity contribution in [3.05, 3.63) is 100 Å². The van der Waals surface area contributed by atoms with E-state index in [2.05, 4.69) is 87.1 Å². The highest BCUT2D eigenvalue weighted by Gasteiger charge is 2.25. The van der Waals surface area contributed by atoms with Crippen LogP contribution in [0.25, 0.3) is 10.8 Å². The number of azo groups is 2. The second kappa shape index (κ2) is 20.1.